The van der Waals surface area contributed by atoms with E-state index in [0.29, 0.717) is 6.54 Å². The van der Waals surface area contributed by atoms with Crippen molar-refractivity contribution in [3.05, 3.63) is 69.8 Å². The van der Waals surface area contributed by atoms with E-state index >= 15 is 0 Å². The van der Waals surface area contributed by atoms with E-state index in [2.05, 4.69) is 38.4 Å². The Balaban J connectivity index is 0.000000409. The SMILES string of the molecule is Cn1c(-c2ccc(Br)cc2)cnc1NCc1cccc(Cl)c1.O=C(O)C(=O)O. The first-order chi connectivity index (χ1) is 13.3. The number of halogens is 2. The van der Waals surface area contributed by atoms with E-state index < -0.39 is 11.9 Å². The standard InChI is InChI=1S/C17H15BrClN3.C2H2O4/c1-22-16(13-5-7-14(18)8-6-13)11-21-17(22)20-10-12-3-2-4-15(19)9-12;3-1(4)2(5)6/h2-9,11H,10H2,1H3,(H,20,21);(H,3,4)(H,5,6). The molecule has 0 spiro atoms. The summed E-state index contributed by atoms with van der Waals surface area (Å²) in [7, 11) is 2.00. The summed E-state index contributed by atoms with van der Waals surface area (Å²) in [6.07, 6.45) is 1.88. The first-order valence-electron chi connectivity index (χ1n) is 8.00. The van der Waals surface area contributed by atoms with E-state index in [1.54, 1.807) is 0 Å². The van der Waals surface area contributed by atoms with Gasteiger partial charge >= 0.3 is 11.9 Å². The van der Waals surface area contributed by atoms with Crippen LogP contribution in [0.2, 0.25) is 5.02 Å². The molecule has 0 aliphatic rings. The predicted octanol–water partition coefficient (Wildman–Crippen LogP) is 4.27. The molecule has 7 nitrogen and oxygen atoms in total. The summed E-state index contributed by atoms with van der Waals surface area (Å²) in [6.45, 7) is 0.686. The minimum Gasteiger partial charge on any atom is -0.473 e. The van der Waals surface area contributed by atoms with Crippen molar-refractivity contribution in [2.75, 3.05) is 5.32 Å². The maximum Gasteiger partial charge on any atom is 0.414 e. The van der Waals surface area contributed by atoms with Gasteiger partial charge in [-0.05, 0) is 35.4 Å². The first kappa shape index (κ1) is 21.5. The summed E-state index contributed by atoms with van der Waals surface area (Å²) < 4.78 is 3.12. The summed E-state index contributed by atoms with van der Waals surface area (Å²) >= 11 is 9.46. The summed E-state index contributed by atoms with van der Waals surface area (Å²) in [5.41, 5.74) is 3.33. The minimum atomic E-state index is -1.82. The van der Waals surface area contributed by atoms with E-state index in [0.717, 1.165) is 32.3 Å². The molecule has 0 radical (unpaired) electrons. The average molecular weight is 467 g/mol. The number of carbonyl (C=O) groups is 2. The van der Waals surface area contributed by atoms with Gasteiger partial charge in [0.05, 0.1) is 11.9 Å². The van der Waals surface area contributed by atoms with Gasteiger partial charge in [0, 0.05) is 23.1 Å². The second-order valence-electron chi connectivity index (χ2n) is 5.63. The molecule has 3 aromatic rings. The molecule has 3 N–H and O–H groups in total. The smallest absolute Gasteiger partial charge is 0.414 e. The van der Waals surface area contributed by atoms with Gasteiger partial charge in [-0.2, -0.15) is 0 Å². The van der Waals surface area contributed by atoms with Crippen molar-refractivity contribution in [1.82, 2.24) is 9.55 Å². The van der Waals surface area contributed by atoms with Crippen molar-refractivity contribution >= 4 is 45.4 Å². The maximum atomic E-state index is 9.10. The van der Waals surface area contributed by atoms with Crippen LogP contribution in [0.15, 0.2) is 59.2 Å². The topological polar surface area (TPSA) is 104 Å². The molecule has 0 amide bonds. The predicted molar refractivity (Wildman–Crippen MR) is 110 cm³/mol. The number of hydrogen-bond donors (Lipinski definition) is 3. The first-order valence-corrected chi connectivity index (χ1v) is 9.17. The van der Waals surface area contributed by atoms with Gasteiger partial charge in [0.2, 0.25) is 5.95 Å². The van der Waals surface area contributed by atoms with Crippen molar-refractivity contribution in [3.63, 3.8) is 0 Å². The fourth-order valence-corrected chi connectivity index (χ4v) is 2.77. The fourth-order valence-electron chi connectivity index (χ4n) is 2.29. The molecular weight excluding hydrogens is 450 g/mol. The number of aliphatic carboxylic acids is 2. The van der Waals surface area contributed by atoms with Crippen LogP contribution in [-0.2, 0) is 23.2 Å². The number of nitrogens with zero attached hydrogens (tertiary/aromatic N) is 2. The van der Waals surface area contributed by atoms with Gasteiger partial charge in [-0.15, -0.1) is 0 Å². The van der Waals surface area contributed by atoms with E-state index in [9.17, 15) is 0 Å². The molecular formula is C19H17BrClN3O4. The number of anilines is 1. The van der Waals surface area contributed by atoms with Crippen LogP contribution in [0.25, 0.3) is 11.3 Å². The van der Waals surface area contributed by atoms with Crippen molar-refractivity contribution in [2.45, 2.75) is 6.54 Å². The molecule has 0 bridgehead atoms. The van der Waals surface area contributed by atoms with E-state index in [4.69, 9.17) is 31.4 Å². The summed E-state index contributed by atoms with van der Waals surface area (Å²) in [5, 5.41) is 18.9. The molecule has 28 heavy (non-hydrogen) atoms. The van der Waals surface area contributed by atoms with Gasteiger partial charge < -0.3 is 20.1 Å². The Kier molecular flexibility index (Phi) is 7.60. The summed E-state index contributed by atoms with van der Waals surface area (Å²) in [5.74, 6) is -2.82. The highest BCUT2D eigenvalue weighted by Gasteiger charge is 2.08. The molecule has 2 aromatic carbocycles. The number of nitrogens with one attached hydrogen (secondary N) is 1. The van der Waals surface area contributed by atoms with Crippen molar-refractivity contribution < 1.29 is 19.8 Å². The Morgan fingerprint density at radius 2 is 1.79 bits per heavy atom. The summed E-state index contributed by atoms with van der Waals surface area (Å²) in [6, 6.07) is 16.0. The Bertz CT molecular complexity index is 962. The number of carboxylic acid groups (broad SMARTS) is 2. The molecule has 0 fully saturated rings. The Morgan fingerprint density at radius 3 is 2.36 bits per heavy atom. The molecule has 0 saturated heterocycles. The van der Waals surface area contributed by atoms with E-state index in [1.807, 2.05) is 54.2 Å². The molecule has 0 aliphatic heterocycles. The molecule has 9 heteroatoms. The van der Waals surface area contributed by atoms with Crippen LogP contribution in [-0.4, -0.2) is 31.7 Å². The van der Waals surface area contributed by atoms with Crippen LogP contribution in [0.5, 0.6) is 0 Å². The normalized spacial score (nSPS) is 9.96. The highest BCUT2D eigenvalue weighted by Crippen LogP contribution is 2.24. The van der Waals surface area contributed by atoms with Gasteiger partial charge in [-0.25, -0.2) is 14.6 Å². The quantitative estimate of drug-likeness (QED) is 0.496. The highest BCUT2D eigenvalue weighted by molar-refractivity contribution is 9.10. The van der Waals surface area contributed by atoms with Crippen LogP contribution >= 0.6 is 27.5 Å². The Morgan fingerprint density at radius 1 is 1.14 bits per heavy atom. The third-order valence-electron chi connectivity index (χ3n) is 3.65. The lowest BCUT2D eigenvalue weighted by atomic mass is 10.2. The van der Waals surface area contributed by atoms with Crippen molar-refractivity contribution in [2.24, 2.45) is 7.05 Å². The Labute approximate surface area is 174 Å². The monoisotopic (exact) mass is 465 g/mol. The van der Waals surface area contributed by atoms with Gasteiger partial charge in [-0.3, -0.25) is 0 Å². The molecule has 0 saturated carbocycles. The zero-order valence-electron chi connectivity index (χ0n) is 14.8. The molecule has 3 rings (SSSR count). The number of hydrogen-bond acceptors (Lipinski definition) is 4. The van der Waals surface area contributed by atoms with Crippen LogP contribution in [0.3, 0.4) is 0 Å². The lowest BCUT2D eigenvalue weighted by molar-refractivity contribution is -0.159. The van der Waals surface area contributed by atoms with Gasteiger partial charge in [0.25, 0.3) is 0 Å². The third-order valence-corrected chi connectivity index (χ3v) is 4.41. The average Bonchev–Trinajstić information content (AvgIpc) is 3.02. The molecule has 1 aromatic heterocycles. The fraction of sp³-hybridized carbons (Fsp3) is 0.105. The van der Waals surface area contributed by atoms with Crippen molar-refractivity contribution in [1.29, 1.82) is 0 Å². The third kappa shape index (κ3) is 6.11. The Hall–Kier alpha value is -2.84. The molecule has 0 atom stereocenters. The highest BCUT2D eigenvalue weighted by atomic mass is 79.9. The second kappa shape index (κ2) is 9.91. The van der Waals surface area contributed by atoms with Gasteiger partial charge in [0.1, 0.15) is 0 Å². The zero-order valence-corrected chi connectivity index (χ0v) is 17.1. The van der Waals surface area contributed by atoms with Crippen molar-refractivity contribution in [3.8, 4) is 11.3 Å². The number of aromatic nitrogens is 2. The van der Waals surface area contributed by atoms with Crippen LogP contribution < -0.4 is 5.32 Å². The molecule has 0 aliphatic carbocycles. The minimum absolute atomic E-state index is 0.686. The lowest BCUT2D eigenvalue weighted by Gasteiger charge is -2.09. The largest absolute Gasteiger partial charge is 0.473 e. The number of rotatable bonds is 4. The molecule has 0 unspecified atom stereocenters. The van der Waals surface area contributed by atoms with Crippen LogP contribution in [0, 0.1) is 0 Å². The van der Waals surface area contributed by atoms with Crippen LogP contribution in [0.4, 0.5) is 5.95 Å². The summed E-state index contributed by atoms with van der Waals surface area (Å²) in [4.78, 5) is 22.7. The maximum absolute atomic E-state index is 9.10. The molecule has 146 valence electrons. The van der Waals surface area contributed by atoms with E-state index in [-0.39, 0.29) is 0 Å². The van der Waals surface area contributed by atoms with Gasteiger partial charge in [-0.1, -0.05) is 51.8 Å². The van der Waals surface area contributed by atoms with E-state index in [1.165, 1.54) is 0 Å². The number of carboxylic acids is 2. The second-order valence-corrected chi connectivity index (χ2v) is 6.98. The lowest BCUT2D eigenvalue weighted by Crippen LogP contribution is -2.09. The number of imidazole rings is 1. The van der Waals surface area contributed by atoms with Crippen LogP contribution in [0.1, 0.15) is 5.56 Å². The van der Waals surface area contributed by atoms with Gasteiger partial charge in [0.15, 0.2) is 0 Å². The number of benzene rings is 2. The zero-order chi connectivity index (χ0) is 20.7. The molecule has 1 heterocycles.